The number of nitrogens with one attached hydrogen (secondary N) is 2. The van der Waals surface area contributed by atoms with Gasteiger partial charge in [0.1, 0.15) is 12.4 Å². The standard InChI is InChI=1S/C19H16ClN7/c1-13-10-26(11-22-13)18-7-4-16(8-14(18)9-21)24-19-23-12-27(25-19)17-5-2-15(20)3-6-17/h2-8,10-12,19,24-25H,1H3. The fourth-order valence-corrected chi connectivity index (χ4v) is 2.92. The molecule has 8 heteroatoms. The third kappa shape index (κ3) is 3.62. The van der Waals surface area contributed by atoms with Gasteiger partial charge < -0.3 is 9.88 Å². The molecule has 2 aromatic carbocycles. The first-order valence-electron chi connectivity index (χ1n) is 8.28. The monoisotopic (exact) mass is 377 g/mol. The molecule has 1 aromatic heterocycles. The van der Waals surface area contributed by atoms with Gasteiger partial charge in [-0.25, -0.2) is 9.98 Å². The first-order chi connectivity index (χ1) is 13.1. The van der Waals surface area contributed by atoms with E-state index in [0.29, 0.717) is 10.6 Å². The number of benzene rings is 2. The molecule has 0 aliphatic carbocycles. The van der Waals surface area contributed by atoms with Crippen LogP contribution in [0.2, 0.25) is 5.02 Å². The van der Waals surface area contributed by atoms with Crippen molar-refractivity contribution in [2.75, 3.05) is 10.3 Å². The summed E-state index contributed by atoms with van der Waals surface area (Å²) in [6.07, 6.45) is 4.95. The number of nitriles is 1. The summed E-state index contributed by atoms with van der Waals surface area (Å²) < 4.78 is 1.84. The van der Waals surface area contributed by atoms with Crippen molar-refractivity contribution in [3.05, 3.63) is 71.3 Å². The highest BCUT2D eigenvalue weighted by molar-refractivity contribution is 6.30. The average molecular weight is 378 g/mol. The van der Waals surface area contributed by atoms with Gasteiger partial charge in [0, 0.05) is 16.9 Å². The van der Waals surface area contributed by atoms with Crippen LogP contribution in [0.5, 0.6) is 0 Å². The highest BCUT2D eigenvalue weighted by Crippen LogP contribution is 2.22. The molecule has 1 atom stereocenters. The van der Waals surface area contributed by atoms with Gasteiger partial charge in [0.2, 0.25) is 0 Å². The van der Waals surface area contributed by atoms with E-state index in [1.165, 1.54) is 0 Å². The molecule has 1 aliphatic rings. The minimum atomic E-state index is -0.339. The van der Waals surface area contributed by atoms with Crippen LogP contribution < -0.4 is 15.8 Å². The summed E-state index contributed by atoms with van der Waals surface area (Å²) in [5, 5.41) is 15.3. The van der Waals surface area contributed by atoms with Crippen LogP contribution in [0, 0.1) is 18.3 Å². The Kier molecular flexibility index (Phi) is 4.50. The van der Waals surface area contributed by atoms with Crippen molar-refractivity contribution in [2.24, 2.45) is 4.99 Å². The van der Waals surface area contributed by atoms with Crippen molar-refractivity contribution in [1.29, 1.82) is 5.26 Å². The van der Waals surface area contributed by atoms with Crippen LogP contribution in [0.15, 0.2) is 60.0 Å². The molecule has 27 heavy (non-hydrogen) atoms. The van der Waals surface area contributed by atoms with E-state index >= 15 is 0 Å². The van der Waals surface area contributed by atoms with Crippen molar-refractivity contribution in [1.82, 2.24) is 15.0 Å². The lowest BCUT2D eigenvalue weighted by Crippen LogP contribution is -2.40. The van der Waals surface area contributed by atoms with Gasteiger partial charge in [-0.1, -0.05) is 11.6 Å². The molecule has 4 rings (SSSR count). The highest BCUT2D eigenvalue weighted by Gasteiger charge is 2.18. The molecular weight excluding hydrogens is 362 g/mol. The molecule has 0 fully saturated rings. The molecule has 3 aromatic rings. The second-order valence-corrected chi connectivity index (χ2v) is 6.49. The summed E-state index contributed by atoms with van der Waals surface area (Å²) in [4.78, 5) is 8.61. The SMILES string of the molecule is Cc1cn(-c2ccc(NC3N=CN(c4ccc(Cl)cc4)N3)cc2C#N)cn1. The van der Waals surface area contributed by atoms with E-state index < -0.39 is 0 Å². The zero-order valence-electron chi connectivity index (χ0n) is 14.5. The maximum atomic E-state index is 9.51. The van der Waals surface area contributed by atoms with Gasteiger partial charge in [0.15, 0.2) is 6.29 Å². The van der Waals surface area contributed by atoms with Crippen molar-refractivity contribution in [3.63, 3.8) is 0 Å². The number of anilines is 2. The largest absolute Gasteiger partial charge is 0.350 e. The maximum Gasteiger partial charge on any atom is 0.192 e. The predicted octanol–water partition coefficient (Wildman–Crippen LogP) is 3.45. The van der Waals surface area contributed by atoms with Crippen LogP contribution in [0.3, 0.4) is 0 Å². The zero-order valence-corrected chi connectivity index (χ0v) is 15.2. The topological polar surface area (TPSA) is 81.3 Å². The molecule has 0 saturated carbocycles. The minimum Gasteiger partial charge on any atom is -0.350 e. The number of aromatic nitrogens is 2. The van der Waals surface area contributed by atoms with E-state index in [1.54, 1.807) is 18.7 Å². The molecule has 0 bridgehead atoms. The second kappa shape index (κ2) is 7.11. The number of halogens is 1. The Labute approximate surface area is 161 Å². The van der Waals surface area contributed by atoms with E-state index in [9.17, 15) is 5.26 Å². The van der Waals surface area contributed by atoms with Crippen LogP contribution >= 0.6 is 11.6 Å². The Morgan fingerprint density at radius 3 is 2.74 bits per heavy atom. The number of rotatable bonds is 4. The lowest BCUT2D eigenvalue weighted by Gasteiger charge is -2.19. The van der Waals surface area contributed by atoms with E-state index in [2.05, 4.69) is 26.8 Å². The lowest BCUT2D eigenvalue weighted by molar-refractivity contribution is 0.645. The van der Waals surface area contributed by atoms with E-state index in [0.717, 1.165) is 22.8 Å². The van der Waals surface area contributed by atoms with Crippen LogP contribution in [0.25, 0.3) is 5.69 Å². The van der Waals surface area contributed by atoms with Gasteiger partial charge >= 0.3 is 0 Å². The number of aryl methyl sites for hydroxylation is 1. The quantitative estimate of drug-likeness (QED) is 0.727. The summed E-state index contributed by atoms with van der Waals surface area (Å²) in [6.45, 7) is 1.91. The van der Waals surface area contributed by atoms with E-state index in [1.807, 2.05) is 59.1 Å². The van der Waals surface area contributed by atoms with Crippen molar-refractivity contribution < 1.29 is 0 Å². The molecule has 0 spiro atoms. The summed E-state index contributed by atoms with van der Waals surface area (Å²) in [5.74, 6) is 0. The van der Waals surface area contributed by atoms with Gasteiger partial charge in [0.25, 0.3) is 0 Å². The van der Waals surface area contributed by atoms with Crippen LogP contribution in [0.1, 0.15) is 11.3 Å². The lowest BCUT2D eigenvalue weighted by atomic mass is 10.1. The minimum absolute atomic E-state index is 0.339. The predicted molar refractivity (Wildman–Crippen MR) is 106 cm³/mol. The Morgan fingerprint density at radius 1 is 1.22 bits per heavy atom. The number of aliphatic imine (C=N–C) groups is 1. The van der Waals surface area contributed by atoms with Gasteiger partial charge in [-0.05, 0) is 49.4 Å². The van der Waals surface area contributed by atoms with Crippen molar-refractivity contribution in [3.8, 4) is 11.8 Å². The normalized spacial score (nSPS) is 15.7. The van der Waals surface area contributed by atoms with Crippen molar-refractivity contribution >= 4 is 29.3 Å². The summed E-state index contributed by atoms with van der Waals surface area (Å²) in [5.41, 5.74) is 7.17. The Hall–Kier alpha value is -3.34. The molecule has 7 nitrogen and oxygen atoms in total. The van der Waals surface area contributed by atoms with E-state index in [-0.39, 0.29) is 6.29 Å². The summed E-state index contributed by atoms with van der Waals surface area (Å²) in [7, 11) is 0. The zero-order chi connectivity index (χ0) is 18.8. The van der Waals surface area contributed by atoms with Crippen LogP contribution in [0.4, 0.5) is 11.4 Å². The number of nitrogens with zero attached hydrogens (tertiary/aromatic N) is 5. The Morgan fingerprint density at radius 2 is 2.04 bits per heavy atom. The summed E-state index contributed by atoms with van der Waals surface area (Å²) >= 11 is 5.92. The molecule has 0 radical (unpaired) electrons. The number of imidazole rings is 1. The van der Waals surface area contributed by atoms with Crippen molar-refractivity contribution in [2.45, 2.75) is 13.2 Å². The van der Waals surface area contributed by atoms with Gasteiger partial charge in [0.05, 0.1) is 29.0 Å². The smallest absolute Gasteiger partial charge is 0.192 e. The van der Waals surface area contributed by atoms with E-state index in [4.69, 9.17) is 11.6 Å². The van der Waals surface area contributed by atoms with Crippen LogP contribution in [-0.4, -0.2) is 22.2 Å². The number of hydrogen-bond donors (Lipinski definition) is 2. The first kappa shape index (κ1) is 17.1. The maximum absolute atomic E-state index is 9.51. The molecule has 0 amide bonds. The third-order valence-corrected chi connectivity index (χ3v) is 4.36. The molecule has 1 aliphatic heterocycles. The number of hydrazine groups is 1. The Balaban J connectivity index is 1.48. The highest BCUT2D eigenvalue weighted by atomic mass is 35.5. The molecule has 1 unspecified atom stereocenters. The second-order valence-electron chi connectivity index (χ2n) is 6.05. The molecule has 134 valence electrons. The van der Waals surface area contributed by atoms with Gasteiger partial charge in [-0.15, -0.1) is 0 Å². The third-order valence-electron chi connectivity index (χ3n) is 4.11. The van der Waals surface area contributed by atoms with Gasteiger partial charge in [-0.2, -0.15) is 10.7 Å². The molecular formula is C19H16ClN7. The fraction of sp³-hybridized carbons (Fsp3) is 0.105. The fourth-order valence-electron chi connectivity index (χ4n) is 2.80. The molecule has 0 saturated heterocycles. The average Bonchev–Trinajstić information content (AvgIpc) is 3.31. The molecule has 2 N–H and O–H groups in total. The summed E-state index contributed by atoms with van der Waals surface area (Å²) in [6, 6.07) is 15.3. The van der Waals surface area contributed by atoms with Gasteiger partial charge in [-0.3, -0.25) is 5.01 Å². The Bertz CT molecular complexity index is 1030. The first-order valence-corrected chi connectivity index (χ1v) is 8.66. The molecule has 2 heterocycles. The van der Waals surface area contributed by atoms with Crippen LogP contribution in [-0.2, 0) is 0 Å². The number of hydrogen-bond acceptors (Lipinski definition) is 6.